The maximum absolute atomic E-state index is 5.34. The second kappa shape index (κ2) is 4.13. The van der Waals surface area contributed by atoms with Crippen molar-refractivity contribution >= 4 is 0 Å². The Morgan fingerprint density at radius 3 is 2.73 bits per heavy atom. The Balaban J connectivity index is 2.10. The van der Waals surface area contributed by atoms with Crippen molar-refractivity contribution in [2.75, 3.05) is 6.79 Å². The first kappa shape index (κ1) is 10.3. The van der Waals surface area contributed by atoms with Gasteiger partial charge in [-0.1, -0.05) is 26.8 Å². The number of benzene rings is 1. The summed E-state index contributed by atoms with van der Waals surface area (Å²) < 4.78 is 10.6. The summed E-state index contributed by atoms with van der Waals surface area (Å²) in [6.07, 6.45) is 1.04. The molecule has 15 heavy (non-hydrogen) atoms. The summed E-state index contributed by atoms with van der Waals surface area (Å²) in [5, 5.41) is 0. The van der Waals surface area contributed by atoms with Gasteiger partial charge in [0, 0.05) is 0 Å². The molecule has 2 nitrogen and oxygen atoms in total. The predicted octanol–water partition coefficient (Wildman–Crippen LogP) is 3.06. The van der Waals surface area contributed by atoms with E-state index in [0.717, 1.165) is 17.9 Å². The van der Waals surface area contributed by atoms with Gasteiger partial charge >= 0.3 is 0 Å². The highest BCUT2D eigenvalue weighted by Crippen LogP contribution is 2.33. The number of hydrogen-bond donors (Lipinski definition) is 0. The van der Waals surface area contributed by atoms with Crippen molar-refractivity contribution in [3.8, 4) is 11.5 Å². The Labute approximate surface area is 91.2 Å². The minimum absolute atomic E-state index is 0.347. The van der Waals surface area contributed by atoms with Crippen molar-refractivity contribution in [3.05, 3.63) is 30.7 Å². The molecular formula is C13H17O2. The van der Waals surface area contributed by atoms with Gasteiger partial charge in [-0.3, -0.25) is 0 Å². The Hall–Kier alpha value is -1.18. The Kier molecular flexibility index (Phi) is 2.85. The number of hydrogen-bond acceptors (Lipinski definition) is 2. The van der Waals surface area contributed by atoms with Crippen LogP contribution in [0.2, 0.25) is 0 Å². The molecule has 2 rings (SSSR count). The van der Waals surface area contributed by atoms with Crippen molar-refractivity contribution in [2.24, 2.45) is 11.8 Å². The summed E-state index contributed by atoms with van der Waals surface area (Å²) in [5.74, 6) is 2.78. The van der Waals surface area contributed by atoms with Gasteiger partial charge in [0.25, 0.3) is 0 Å². The van der Waals surface area contributed by atoms with Crippen molar-refractivity contribution in [1.29, 1.82) is 0 Å². The second-order valence-corrected chi connectivity index (χ2v) is 4.35. The van der Waals surface area contributed by atoms with Crippen LogP contribution in [0.5, 0.6) is 11.5 Å². The Bertz CT molecular complexity index is 344. The van der Waals surface area contributed by atoms with Crippen LogP contribution in [0.4, 0.5) is 0 Å². The van der Waals surface area contributed by atoms with Crippen LogP contribution in [0.25, 0.3) is 0 Å². The molecule has 0 amide bonds. The van der Waals surface area contributed by atoms with E-state index in [9.17, 15) is 0 Å². The van der Waals surface area contributed by atoms with Gasteiger partial charge in [-0.25, -0.2) is 0 Å². The number of fused-ring (bicyclic) bond motifs is 1. The van der Waals surface area contributed by atoms with E-state index in [1.54, 1.807) is 0 Å². The summed E-state index contributed by atoms with van der Waals surface area (Å²) in [6, 6.07) is 6.16. The summed E-state index contributed by atoms with van der Waals surface area (Å²) in [6.45, 7) is 8.77. The maximum atomic E-state index is 5.34. The highest BCUT2D eigenvalue weighted by molar-refractivity contribution is 5.44. The van der Waals surface area contributed by atoms with Crippen molar-refractivity contribution in [1.82, 2.24) is 0 Å². The first-order chi connectivity index (χ1) is 7.16. The van der Waals surface area contributed by atoms with Gasteiger partial charge in [-0.2, -0.15) is 0 Å². The van der Waals surface area contributed by atoms with Crippen LogP contribution in [-0.4, -0.2) is 6.79 Å². The Morgan fingerprint density at radius 1 is 1.27 bits per heavy atom. The smallest absolute Gasteiger partial charge is 0.231 e. The third kappa shape index (κ3) is 2.25. The van der Waals surface area contributed by atoms with E-state index in [2.05, 4.69) is 32.9 Å². The minimum Gasteiger partial charge on any atom is -0.454 e. The normalized spacial score (nSPS) is 15.7. The third-order valence-corrected chi connectivity index (χ3v) is 2.97. The van der Waals surface area contributed by atoms with Crippen LogP contribution < -0.4 is 9.47 Å². The topological polar surface area (TPSA) is 18.5 Å². The minimum atomic E-state index is 0.347. The highest BCUT2D eigenvalue weighted by atomic mass is 16.7. The molecule has 0 bridgehead atoms. The molecule has 0 aliphatic carbocycles. The molecule has 1 aromatic carbocycles. The molecule has 1 radical (unpaired) electrons. The molecule has 2 unspecified atom stereocenters. The maximum Gasteiger partial charge on any atom is 0.231 e. The summed E-state index contributed by atoms with van der Waals surface area (Å²) >= 11 is 0. The fourth-order valence-corrected chi connectivity index (χ4v) is 1.64. The molecule has 1 heterocycles. The quantitative estimate of drug-likeness (QED) is 0.755. The van der Waals surface area contributed by atoms with E-state index in [1.165, 1.54) is 5.56 Å². The van der Waals surface area contributed by atoms with Crippen molar-refractivity contribution < 1.29 is 9.47 Å². The molecule has 0 N–H and O–H groups in total. The molecule has 2 heteroatoms. The SMILES string of the molecule is [CH2]C(C)C(C)Cc1ccc2c(c1)OCO2. The monoisotopic (exact) mass is 205 g/mol. The first-order valence-electron chi connectivity index (χ1n) is 5.38. The van der Waals surface area contributed by atoms with Crippen molar-refractivity contribution in [2.45, 2.75) is 20.3 Å². The fourth-order valence-electron chi connectivity index (χ4n) is 1.64. The Morgan fingerprint density at radius 2 is 2.00 bits per heavy atom. The van der Waals surface area contributed by atoms with Gasteiger partial charge in [0.15, 0.2) is 11.5 Å². The largest absolute Gasteiger partial charge is 0.454 e. The van der Waals surface area contributed by atoms with E-state index >= 15 is 0 Å². The number of rotatable bonds is 3. The lowest BCUT2D eigenvalue weighted by Crippen LogP contribution is -2.07. The summed E-state index contributed by atoms with van der Waals surface area (Å²) in [4.78, 5) is 0. The van der Waals surface area contributed by atoms with Gasteiger partial charge in [0.2, 0.25) is 6.79 Å². The summed E-state index contributed by atoms with van der Waals surface area (Å²) in [5.41, 5.74) is 1.29. The van der Waals surface area contributed by atoms with E-state index in [0.29, 0.717) is 18.6 Å². The second-order valence-electron chi connectivity index (χ2n) is 4.35. The van der Waals surface area contributed by atoms with E-state index in [-0.39, 0.29) is 0 Å². The van der Waals surface area contributed by atoms with E-state index in [1.807, 2.05) is 6.07 Å². The zero-order valence-electron chi connectivity index (χ0n) is 9.32. The zero-order valence-corrected chi connectivity index (χ0v) is 9.32. The lowest BCUT2D eigenvalue weighted by molar-refractivity contribution is 0.174. The fraction of sp³-hybridized carbons (Fsp3) is 0.462. The lowest BCUT2D eigenvalue weighted by atomic mass is 9.91. The van der Waals surface area contributed by atoms with E-state index in [4.69, 9.17) is 9.47 Å². The highest BCUT2D eigenvalue weighted by Gasteiger charge is 2.15. The van der Waals surface area contributed by atoms with Crippen LogP contribution in [0.15, 0.2) is 18.2 Å². The van der Waals surface area contributed by atoms with Gasteiger partial charge in [-0.05, 0) is 36.0 Å². The molecule has 81 valence electrons. The first-order valence-corrected chi connectivity index (χ1v) is 5.38. The van der Waals surface area contributed by atoms with Crippen LogP contribution in [0.1, 0.15) is 19.4 Å². The molecule has 0 aromatic heterocycles. The summed E-state index contributed by atoms with van der Waals surface area (Å²) in [7, 11) is 0. The molecule has 0 saturated heterocycles. The molecule has 2 atom stereocenters. The zero-order chi connectivity index (χ0) is 10.8. The molecule has 1 aliphatic rings. The molecule has 0 spiro atoms. The molecule has 0 saturated carbocycles. The molecule has 0 fully saturated rings. The van der Waals surface area contributed by atoms with Gasteiger partial charge in [0.05, 0.1) is 0 Å². The molecule has 1 aliphatic heterocycles. The van der Waals surface area contributed by atoms with Gasteiger partial charge in [-0.15, -0.1) is 0 Å². The van der Waals surface area contributed by atoms with Gasteiger partial charge in [0.1, 0.15) is 0 Å². The van der Waals surface area contributed by atoms with Crippen LogP contribution in [0, 0.1) is 18.8 Å². The lowest BCUT2D eigenvalue weighted by Gasteiger charge is -2.15. The number of ether oxygens (including phenoxy) is 2. The molecule has 1 aromatic rings. The average Bonchev–Trinajstić information content (AvgIpc) is 2.64. The third-order valence-electron chi connectivity index (χ3n) is 2.97. The average molecular weight is 205 g/mol. The standard InChI is InChI=1S/C13H17O2/c1-9(2)10(3)6-11-4-5-12-13(7-11)15-8-14-12/h4-5,7,9-10H,1,6,8H2,2-3H3. The van der Waals surface area contributed by atoms with Crippen LogP contribution in [-0.2, 0) is 6.42 Å². The predicted molar refractivity (Wildman–Crippen MR) is 60.0 cm³/mol. The van der Waals surface area contributed by atoms with Crippen molar-refractivity contribution in [3.63, 3.8) is 0 Å². The van der Waals surface area contributed by atoms with Gasteiger partial charge < -0.3 is 9.47 Å². The van der Waals surface area contributed by atoms with Crippen LogP contribution >= 0.6 is 0 Å². The van der Waals surface area contributed by atoms with E-state index < -0.39 is 0 Å². The molecular weight excluding hydrogens is 188 g/mol. The van der Waals surface area contributed by atoms with Crippen LogP contribution in [0.3, 0.4) is 0 Å².